The first-order valence-electron chi connectivity index (χ1n) is 5.66. The molecule has 1 aromatic carbocycles. The van der Waals surface area contributed by atoms with Crippen LogP contribution in [0.1, 0.15) is 6.42 Å². The first-order chi connectivity index (χ1) is 7.81. The van der Waals surface area contributed by atoms with E-state index in [9.17, 15) is 0 Å². The zero-order chi connectivity index (χ0) is 11.1. The molecule has 3 rings (SSSR count). The van der Waals surface area contributed by atoms with Gasteiger partial charge in [0, 0.05) is 6.54 Å². The molecule has 2 saturated heterocycles. The average molecular weight is 239 g/mol. The van der Waals surface area contributed by atoms with E-state index in [1.165, 1.54) is 0 Å². The lowest BCUT2D eigenvalue weighted by Crippen LogP contribution is -2.49. The van der Waals surface area contributed by atoms with Gasteiger partial charge in [0.15, 0.2) is 0 Å². The third-order valence-corrected chi connectivity index (χ3v) is 3.88. The average Bonchev–Trinajstić information content (AvgIpc) is 2.89. The summed E-state index contributed by atoms with van der Waals surface area (Å²) in [6.45, 7) is 1.42. The zero-order valence-corrected chi connectivity index (χ0v) is 9.73. The molecule has 0 aliphatic carbocycles. The highest BCUT2D eigenvalue weighted by Gasteiger charge is 2.46. The van der Waals surface area contributed by atoms with Crippen LogP contribution in [0.2, 0.25) is 5.02 Å². The standard InChI is InChI=1S/C12H15ClN2O/c13-9-3-1-2-4-10(9)15-8-5-12(16-7-8)11(15)6-14/h1-4,8,11-12H,5-7,14H2. The maximum absolute atomic E-state index is 6.24. The number of benzene rings is 1. The highest BCUT2D eigenvalue weighted by atomic mass is 35.5. The Balaban J connectivity index is 1.97. The highest BCUT2D eigenvalue weighted by Crippen LogP contribution is 2.39. The second kappa shape index (κ2) is 3.91. The third-order valence-electron chi connectivity index (χ3n) is 3.56. The van der Waals surface area contributed by atoms with Gasteiger partial charge >= 0.3 is 0 Å². The lowest BCUT2D eigenvalue weighted by atomic mass is 10.1. The van der Waals surface area contributed by atoms with Crippen LogP contribution in [0.3, 0.4) is 0 Å². The number of hydrogen-bond acceptors (Lipinski definition) is 3. The summed E-state index contributed by atoms with van der Waals surface area (Å²) in [6, 6.07) is 8.68. The number of rotatable bonds is 2. The quantitative estimate of drug-likeness (QED) is 0.852. The van der Waals surface area contributed by atoms with Gasteiger partial charge in [-0.2, -0.15) is 0 Å². The van der Waals surface area contributed by atoms with Crippen molar-refractivity contribution in [2.45, 2.75) is 24.6 Å². The van der Waals surface area contributed by atoms with Crippen LogP contribution in [0.4, 0.5) is 5.69 Å². The predicted molar refractivity (Wildman–Crippen MR) is 64.9 cm³/mol. The Bertz CT molecular complexity index is 398. The molecule has 0 radical (unpaired) electrons. The van der Waals surface area contributed by atoms with Crippen molar-refractivity contribution < 1.29 is 4.74 Å². The normalized spacial score (nSPS) is 32.4. The molecule has 2 aliphatic heterocycles. The van der Waals surface area contributed by atoms with Gasteiger partial charge in [-0.25, -0.2) is 0 Å². The van der Waals surface area contributed by atoms with Gasteiger partial charge in [0.2, 0.25) is 0 Å². The van der Waals surface area contributed by atoms with Crippen molar-refractivity contribution in [1.82, 2.24) is 0 Å². The first-order valence-corrected chi connectivity index (χ1v) is 6.03. The fourth-order valence-corrected chi connectivity index (χ4v) is 3.09. The maximum atomic E-state index is 6.24. The molecule has 0 saturated carbocycles. The van der Waals surface area contributed by atoms with Crippen LogP contribution >= 0.6 is 11.6 Å². The summed E-state index contributed by atoms with van der Waals surface area (Å²) in [4.78, 5) is 2.34. The van der Waals surface area contributed by atoms with Crippen LogP contribution < -0.4 is 10.6 Å². The smallest absolute Gasteiger partial charge is 0.0812 e. The Hall–Kier alpha value is -0.770. The van der Waals surface area contributed by atoms with Gasteiger partial charge in [-0.3, -0.25) is 0 Å². The minimum Gasteiger partial charge on any atom is -0.374 e. The monoisotopic (exact) mass is 238 g/mol. The van der Waals surface area contributed by atoms with E-state index in [0.717, 1.165) is 23.7 Å². The number of fused-ring (bicyclic) bond motifs is 2. The van der Waals surface area contributed by atoms with Crippen LogP contribution in [-0.2, 0) is 4.74 Å². The van der Waals surface area contributed by atoms with Gasteiger partial charge in [0.05, 0.1) is 35.5 Å². The predicted octanol–water partition coefficient (Wildman–Crippen LogP) is 1.64. The molecular weight excluding hydrogens is 224 g/mol. The van der Waals surface area contributed by atoms with E-state index in [2.05, 4.69) is 11.0 Å². The number of nitrogens with zero attached hydrogens (tertiary/aromatic N) is 1. The largest absolute Gasteiger partial charge is 0.374 e. The number of para-hydroxylation sites is 1. The Morgan fingerprint density at radius 2 is 2.25 bits per heavy atom. The van der Waals surface area contributed by atoms with Crippen LogP contribution in [-0.4, -0.2) is 31.3 Å². The number of hydrogen-bond donors (Lipinski definition) is 1. The number of nitrogens with two attached hydrogens (primary N) is 1. The van der Waals surface area contributed by atoms with E-state index in [-0.39, 0.29) is 12.1 Å². The Morgan fingerprint density at radius 1 is 1.44 bits per heavy atom. The van der Waals surface area contributed by atoms with E-state index >= 15 is 0 Å². The van der Waals surface area contributed by atoms with E-state index in [1.54, 1.807) is 0 Å². The van der Waals surface area contributed by atoms with Gasteiger partial charge < -0.3 is 15.4 Å². The number of ether oxygens (including phenoxy) is 1. The Kier molecular flexibility index (Phi) is 2.54. The van der Waals surface area contributed by atoms with E-state index in [4.69, 9.17) is 22.1 Å². The molecule has 2 aliphatic rings. The van der Waals surface area contributed by atoms with Gasteiger partial charge in [-0.15, -0.1) is 0 Å². The summed E-state index contributed by atoms with van der Waals surface area (Å²) in [5.41, 5.74) is 6.93. The molecule has 2 bridgehead atoms. The number of anilines is 1. The highest BCUT2D eigenvalue weighted by molar-refractivity contribution is 6.33. The van der Waals surface area contributed by atoms with Crippen molar-refractivity contribution in [2.24, 2.45) is 5.73 Å². The molecule has 0 aromatic heterocycles. The van der Waals surface area contributed by atoms with Crippen LogP contribution in [0.5, 0.6) is 0 Å². The van der Waals surface area contributed by atoms with Crippen molar-refractivity contribution in [2.75, 3.05) is 18.1 Å². The first kappa shape index (κ1) is 10.4. The van der Waals surface area contributed by atoms with Crippen LogP contribution in [0, 0.1) is 0 Å². The van der Waals surface area contributed by atoms with Crippen molar-refractivity contribution in [3.63, 3.8) is 0 Å². The van der Waals surface area contributed by atoms with Crippen molar-refractivity contribution in [1.29, 1.82) is 0 Å². The van der Waals surface area contributed by atoms with Gasteiger partial charge in [-0.1, -0.05) is 23.7 Å². The molecule has 3 atom stereocenters. The fraction of sp³-hybridized carbons (Fsp3) is 0.500. The number of morpholine rings is 1. The summed E-state index contributed by atoms with van der Waals surface area (Å²) in [5.74, 6) is 0. The molecule has 16 heavy (non-hydrogen) atoms. The molecular formula is C12H15ClN2O. The molecule has 2 heterocycles. The van der Waals surface area contributed by atoms with Gasteiger partial charge in [0.25, 0.3) is 0 Å². The van der Waals surface area contributed by atoms with Gasteiger partial charge in [-0.05, 0) is 18.6 Å². The molecule has 2 fully saturated rings. The van der Waals surface area contributed by atoms with E-state index in [1.807, 2.05) is 18.2 Å². The zero-order valence-electron chi connectivity index (χ0n) is 8.97. The molecule has 4 heteroatoms. The van der Waals surface area contributed by atoms with Crippen molar-refractivity contribution >= 4 is 17.3 Å². The molecule has 1 aromatic rings. The Labute approximate surface area is 100 Å². The summed E-state index contributed by atoms with van der Waals surface area (Å²) in [7, 11) is 0. The fourth-order valence-electron chi connectivity index (χ4n) is 2.85. The van der Waals surface area contributed by atoms with Crippen molar-refractivity contribution in [3.8, 4) is 0 Å². The maximum Gasteiger partial charge on any atom is 0.0812 e. The summed E-state index contributed by atoms with van der Waals surface area (Å²) < 4.78 is 5.68. The third kappa shape index (κ3) is 1.43. The SMILES string of the molecule is NCC1C2CC(CO2)N1c1ccccc1Cl. The van der Waals surface area contributed by atoms with Crippen LogP contribution in [0.25, 0.3) is 0 Å². The van der Waals surface area contributed by atoms with Crippen LogP contribution in [0.15, 0.2) is 24.3 Å². The summed E-state index contributed by atoms with van der Waals surface area (Å²) >= 11 is 6.24. The second-order valence-corrected chi connectivity index (χ2v) is 4.83. The van der Waals surface area contributed by atoms with E-state index < -0.39 is 0 Å². The molecule has 0 spiro atoms. The van der Waals surface area contributed by atoms with Crippen molar-refractivity contribution in [3.05, 3.63) is 29.3 Å². The molecule has 86 valence electrons. The lowest BCUT2D eigenvalue weighted by Gasteiger charge is -2.36. The number of halogens is 1. The summed E-state index contributed by atoms with van der Waals surface area (Å²) in [6.07, 6.45) is 1.36. The Morgan fingerprint density at radius 3 is 3.00 bits per heavy atom. The topological polar surface area (TPSA) is 38.5 Å². The second-order valence-electron chi connectivity index (χ2n) is 4.42. The molecule has 3 nitrogen and oxygen atoms in total. The minimum absolute atomic E-state index is 0.277. The minimum atomic E-state index is 0.277. The molecule has 3 unspecified atom stereocenters. The summed E-state index contributed by atoms with van der Waals surface area (Å²) in [5, 5.41) is 0.800. The van der Waals surface area contributed by atoms with E-state index in [0.29, 0.717) is 12.6 Å². The molecule has 2 N–H and O–H groups in total. The van der Waals surface area contributed by atoms with Gasteiger partial charge in [0.1, 0.15) is 0 Å². The molecule has 0 amide bonds. The lowest BCUT2D eigenvalue weighted by molar-refractivity contribution is 0.0720.